The Labute approximate surface area is 184 Å². The fourth-order valence-corrected chi connectivity index (χ4v) is 4.60. The predicted molar refractivity (Wildman–Crippen MR) is 126 cm³/mol. The Morgan fingerprint density at radius 1 is 1.17 bits per heavy atom. The summed E-state index contributed by atoms with van der Waals surface area (Å²) in [5, 5.41) is 0.537. The summed E-state index contributed by atoms with van der Waals surface area (Å²) in [6.45, 7) is 12.9. The molecule has 0 N–H and O–H groups in total. The first-order valence-corrected chi connectivity index (χ1v) is 10.7. The van der Waals surface area contributed by atoms with Crippen LogP contribution in [0.4, 0.5) is 0 Å². The summed E-state index contributed by atoms with van der Waals surface area (Å²) in [4.78, 5) is 12.6. The number of ether oxygens (including phenoxy) is 1. The molecule has 30 heavy (non-hydrogen) atoms. The molecule has 0 aliphatic heterocycles. The minimum absolute atomic E-state index is 0.0518. The number of esters is 1. The van der Waals surface area contributed by atoms with Crippen LogP contribution in [0.5, 0.6) is 5.75 Å². The lowest BCUT2D eigenvalue weighted by Crippen LogP contribution is -2.22. The van der Waals surface area contributed by atoms with Gasteiger partial charge in [0.1, 0.15) is 5.75 Å². The first kappa shape index (κ1) is 22.1. The zero-order valence-electron chi connectivity index (χ0n) is 18.2. The third-order valence-corrected chi connectivity index (χ3v) is 6.15. The van der Waals surface area contributed by atoms with Gasteiger partial charge >= 0.3 is 5.97 Å². The standard InChI is InChI=1S/C27H29ClO2/c1-6-18(2)24(25-19(3)11-10-16-27(25,4)5)22-15-14-20(17-23(22)28)26(29)30-21-12-8-7-9-13-21/h6-9,12-15,17H,1,10-11,16H2,2-5H3/b24-18-. The van der Waals surface area contributed by atoms with Crippen molar-refractivity contribution in [2.75, 3.05) is 0 Å². The molecular formula is C27H29ClO2. The van der Waals surface area contributed by atoms with Crippen LogP contribution in [0.15, 0.2) is 77.9 Å². The Morgan fingerprint density at radius 2 is 1.87 bits per heavy atom. The predicted octanol–water partition coefficient (Wildman–Crippen LogP) is 8.05. The molecule has 2 nitrogen and oxygen atoms in total. The maximum Gasteiger partial charge on any atom is 0.343 e. The van der Waals surface area contributed by atoms with Crippen molar-refractivity contribution in [3.05, 3.63) is 94.1 Å². The number of para-hydroxylation sites is 1. The largest absolute Gasteiger partial charge is 0.423 e. The van der Waals surface area contributed by atoms with Crippen molar-refractivity contribution >= 4 is 23.1 Å². The van der Waals surface area contributed by atoms with Crippen LogP contribution in [0.2, 0.25) is 5.02 Å². The number of halogens is 1. The Kier molecular flexibility index (Phi) is 6.67. The second-order valence-electron chi connectivity index (χ2n) is 8.55. The molecule has 0 saturated heterocycles. The van der Waals surface area contributed by atoms with E-state index in [-0.39, 0.29) is 5.41 Å². The second kappa shape index (κ2) is 9.06. The lowest BCUT2D eigenvalue weighted by atomic mass is 9.68. The van der Waals surface area contributed by atoms with Crippen LogP contribution in [0, 0.1) is 5.41 Å². The molecule has 0 atom stereocenters. The van der Waals surface area contributed by atoms with Crippen LogP contribution < -0.4 is 4.74 Å². The SMILES string of the molecule is C=C/C(C)=C(\C1=C(C)CCCC1(C)C)c1ccc(C(=O)Oc2ccccc2)cc1Cl. The van der Waals surface area contributed by atoms with Gasteiger partial charge < -0.3 is 4.74 Å². The molecule has 0 aromatic heterocycles. The van der Waals surface area contributed by atoms with Gasteiger partial charge in [0, 0.05) is 10.6 Å². The molecule has 2 aromatic rings. The van der Waals surface area contributed by atoms with Crippen LogP contribution in [-0.4, -0.2) is 5.97 Å². The lowest BCUT2D eigenvalue weighted by Gasteiger charge is -2.37. The van der Waals surface area contributed by atoms with Crippen molar-refractivity contribution in [2.24, 2.45) is 5.41 Å². The second-order valence-corrected chi connectivity index (χ2v) is 8.96. The Bertz CT molecular complexity index is 1030. The maximum atomic E-state index is 12.6. The van der Waals surface area contributed by atoms with Gasteiger partial charge in [-0.15, -0.1) is 0 Å². The number of benzene rings is 2. The molecule has 0 bridgehead atoms. The van der Waals surface area contributed by atoms with Gasteiger partial charge in [-0.3, -0.25) is 0 Å². The molecule has 0 radical (unpaired) electrons. The minimum atomic E-state index is -0.422. The van der Waals surface area contributed by atoms with Gasteiger partial charge in [-0.25, -0.2) is 4.79 Å². The molecule has 2 aromatic carbocycles. The van der Waals surface area contributed by atoms with E-state index in [0.717, 1.165) is 29.6 Å². The number of rotatable bonds is 5. The van der Waals surface area contributed by atoms with E-state index >= 15 is 0 Å². The van der Waals surface area contributed by atoms with Crippen molar-refractivity contribution in [3.63, 3.8) is 0 Å². The first-order valence-electron chi connectivity index (χ1n) is 10.4. The smallest absolute Gasteiger partial charge is 0.343 e. The van der Waals surface area contributed by atoms with E-state index in [0.29, 0.717) is 16.3 Å². The van der Waals surface area contributed by atoms with Crippen LogP contribution in [0.1, 0.15) is 62.9 Å². The maximum absolute atomic E-state index is 12.6. The number of allylic oxidation sites excluding steroid dienone is 5. The zero-order chi connectivity index (χ0) is 21.9. The summed E-state index contributed by atoms with van der Waals surface area (Å²) in [6.07, 6.45) is 5.30. The molecule has 0 fully saturated rings. The fourth-order valence-electron chi connectivity index (χ4n) is 4.32. The molecule has 0 spiro atoms. The number of carbonyl (C=O) groups is 1. The number of hydrogen-bond acceptors (Lipinski definition) is 2. The topological polar surface area (TPSA) is 26.3 Å². The molecule has 0 amide bonds. The minimum Gasteiger partial charge on any atom is -0.423 e. The van der Waals surface area contributed by atoms with E-state index in [4.69, 9.17) is 16.3 Å². The van der Waals surface area contributed by atoms with Gasteiger partial charge in [-0.2, -0.15) is 0 Å². The third-order valence-electron chi connectivity index (χ3n) is 5.84. The zero-order valence-corrected chi connectivity index (χ0v) is 19.0. The molecule has 0 saturated carbocycles. The Morgan fingerprint density at radius 3 is 2.47 bits per heavy atom. The molecule has 1 aliphatic rings. The van der Waals surface area contributed by atoms with E-state index in [2.05, 4.69) is 34.3 Å². The van der Waals surface area contributed by atoms with Gasteiger partial charge in [0.15, 0.2) is 0 Å². The Hall–Kier alpha value is -2.58. The summed E-state index contributed by atoms with van der Waals surface area (Å²) in [5.74, 6) is 0.0875. The van der Waals surface area contributed by atoms with E-state index in [1.807, 2.05) is 30.3 Å². The summed E-state index contributed by atoms with van der Waals surface area (Å²) in [7, 11) is 0. The van der Waals surface area contributed by atoms with Gasteiger partial charge in [-0.05, 0) is 79.5 Å². The quantitative estimate of drug-likeness (QED) is 0.278. The molecule has 1 aliphatic carbocycles. The highest BCUT2D eigenvalue weighted by molar-refractivity contribution is 6.33. The molecule has 3 rings (SSSR count). The van der Waals surface area contributed by atoms with E-state index in [1.54, 1.807) is 24.3 Å². The van der Waals surface area contributed by atoms with Crippen molar-refractivity contribution in [2.45, 2.75) is 47.0 Å². The monoisotopic (exact) mass is 420 g/mol. The summed E-state index contributed by atoms with van der Waals surface area (Å²) >= 11 is 6.73. The third kappa shape index (κ3) is 4.60. The molecule has 3 heteroatoms. The number of carbonyl (C=O) groups excluding carboxylic acids is 1. The normalized spacial score (nSPS) is 16.7. The molecule has 0 unspecified atom stereocenters. The molecule has 0 heterocycles. The summed E-state index contributed by atoms with van der Waals surface area (Å²) in [5.41, 5.74) is 6.35. The van der Waals surface area contributed by atoms with Crippen molar-refractivity contribution in [3.8, 4) is 5.75 Å². The van der Waals surface area contributed by atoms with E-state index in [9.17, 15) is 4.79 Å². The van der Waals surface area contributed by atoms with E-state index in [1.165, 1.54) is 17.6 Å². The van der Waals surface area contributed by atoms with Crippen molar-refractivity contribution in [1.29, 1.82) is 0 Å². The first-order chi connectivity index (χ1) is 14.2. The van der Waals surface area contributed by atoms with Crippen molar-refractivity contribution < 1.29 is 9.53 Å². The van der Waals surface area contributed by atoms with Gasteiger partial charge in [0.2, 0.25) is 0 Å². The molecule has 156 valence electrons. The fraction of sp³-hybridized carbons (Fsp3) is 0.296. The average molecular weight is 421 g/mol. The van der Waals surface area contributed by atoms with E-state index < -0.39 is 5.97 Å². The van der Waals surface area contributed by atoms with Gasteiger partial charge in [0.25, 0.3) is 0 Å². The Balaban J connectivity index is 2.03. The highest BCUT2D eigenvalue weighted by Gasteiger charge is 2.32. The number of hydrogen-bond donors (Lipinski definition) is 0. The van der Waals surface area contributed by atoms with Crippen LogP contribution >= 0.6 is 11.6 Å². The van der Waals surface area contributed by atoms with Crippen LogP contribution in [0.25, 0.3) is 5.57 Å². The highest BCUT2D eigenvalue weighted by atomic mass is 35.5. The summed E-state index contributed by atoms with van der Waals surface area (Å²) < 4.78 is 5.46. The van der Waals surface area contributed by atoms with Crippen LogP contribution in [0.3, 0.4) is 0 Å². The molecular weight excluding hydrogens is 392 g/mol. The van der Waals surface area contributed by atoms with Crippen molar-refractivity contribution in [1.82, 2.24) is 0 Å². The average Bonchev–Trinajstić information content (AvgIpc) is 2.71. The van der Waals surface area contributed by atoms with Crippen LogP contribution in [-0.2, 0) is 0 Å². The highest BCUT2D eigenvalue weighted by Crippen LogP contribution is 2.49. The summed E-state index contributed by atoms with van der Waals surface area (Å²) in [6, 6.07) is 14.5. The van der Waals surface area contributed by atoms with Gasteiger partial charge in [-0.1, -0.05) is 67.9 Å². The van der Waals surface area contributed by atoms with Gasteiger partial charge in [0.05, 0.1) is 5.56 Å². The lowest BCUT2D eigenvalue weighted by molar-refractivity contribution is 0.0735.